The van der Waals surface area contributed by atoms with E-state index in [4.69, 9.17) is 0 Å². The monoisotopic (exact) mass is 402 g/mol. The summed E-state index contributed by atoms with van der Waals surface area (Å²) in [7, 11) is 3.64. The average molecular weight is 403 g/mol. The van der Waals surface area contributed by atoms with Crippen molar-refractivity contribution in [2.75, 3.05) is 0 Å². The first kappa shape index (κ1) is 22.9. The molecule has 0 bridgehead atoms. The Balaban J connectivity index is 3.21. The molecule has 0 saturated carbocycles. The molecule has 0 amide bonds. The largest absolute Gasteiger partial charge is 0.140 e. The van der Waals surface area contributed by atoms with Gasteiger partial charge in [-0.25, -0.2) is 0 Å². The fourth-order valence-corrected chi connectivity index (χ4v) is 6.33. The highest BCUT2D eigenvalue weighted by Gasteiger charge is 2.31. The van der Waals surface area contributed by atoms with Crippen molar-refractivity contribution in [3.8, 4) is 0 Å². The van der Waals surface area contributed by atoms with Crippen LogP contribution in [0.1, 0.15) is 50.8 Å². The molecule has 1 atom stereocenters. The number of hydrogen-bond donors (Lipinski definition) is 0. The Morgan fingerprint density at radius 2 is 1.88 bits per heavy atom. The molecule has 1 aromatic rings. The van der Waals surface area contributed by atoms with Gasteiger partial charge in [-0.15, -0.1) is 11.3 Å². The van der Waals surface area contributed by atoms with Crippen molar-refractivity contribution < 1.29 is 0 Å². The molecule has 1 heterocycles. The van der Waals surface area contributed by atoms with Gasteiger partial charge in [0.2, 0.25) is 0 Å². The molecule has 0 aliphatic rings. The molecule has 0 nitrogen and oxygen atoms in total. The first-order valence-electron chi connectivity index (χ1n) is 8.92. The highest BCUT2D eigenvalue weighted by Crippen LogP contribution is 2.49. The standard InChI is InChI=1S/C23H30S3/c1-7-12-16-22(26-25-20(14-9-3)15-10-4)23(6,11-5)21-18-17-19(24-21)13-8-2/h7-10,12-18H,3,11H2,1-2,4-6H3/b12-7+,13-8+,15-10+,20-14-,22-16-. The van der Waals surface area contributed by atoms with E-state index in [9.17, 15) is 0 Å². The lowest BCUT2D eigenvalue weighted by molar-refractivity contribution is 0.575. The van der Waals surface area contributed by atoms with Crippen molar-refractivity contribution in [3.05, 3.63) is 86.9 Å². The number of allylic oxidation sites excluding steroid dienone is 9. The van der Waals surface area contributed by atoms with Gasteiger partial charge in [-0.1, -0.05) is 84.5 Å². The Hall–Kier alpha value is -1.16. The molecule has 0 N–H and O–H groups in total. The van der Waals surface area contributed by atoms with Crippen molar-refractivity contribution in [1.29, 1.82) is 0 Å². The van der Waals surface area contributed by atoms with Gasteiger partial charge in [0, 0.05) is 25.0 Å². The summed E-state index contributed by atoms with van der Waals surface area (Å²) in [5.74, 6) is 0. The van der Waals surface area contributed by atoms with E-state index >= 15 is 0 Å². The maximum absolute atomic E-state index is 3.83. The van der Waals surface area contributed by atoms with Crippen LogP contribution in [0, 0.1) is 0 Å². The molecule has 3 heteroatoms. The molecule has 0 aromatic carbocycles. The molecule has 0 spiro atoms. The van der Waals surface area contributed by atoms with E-state index in [1.165, 1.54) is 19.6 Å². The zero-order valence-electron chi connectivity index (χ0n) is 16.5. The fraction of sp³-hybridized carbons (Fsp3) is 0.304. The third-order valence-corrected chi connectivity index (χ3v) is 8.03. The molecule has 140 valence electrons. The summed E-state index contributed by atoms with van der Waals surface area (Å²) < 4.78 is 0. The van der Waals surface area contributed by atoms with Gasteiger partial charge in [0.15, 0.2) is 0 Å². The second-order valence-electron chi connectivity index (χ2n) is 5.92. The number of thiophene rings is 1. The van der Waals surface area contributed by atoms with Gasteiger partial charge in [0.05, 0.1) is 0 Å². The van der Waals surface area contributed by atoms with Gasteiger partial charge in [-0.3, -0.25) is 0 Å². The second-order valence-corrected chi connectivity index (χ2v) is 9.28. The minimum atomic E-state index is 0.0108. The van der Waals surface area contributed by atoms with Crippen LogP contribution < -0.4 is 0 Å². The summed E-state index contributed by atoms with van der Waals surface area (Å²) in [5.41, 5.74) is 0.0108. The van der Waals surface area contributed by atoms with Crippen LogP contribution in [0.2, 0.25) is 0 Å². The molecule has 0 aliphatic carbocycles. The number of rotatable bonds is 10. The summed E-state index contributed by atoms with van der Waals surface area (Å²) in [6.45, 7) is 14.6. The lowest BCUT2D eigenvalue weighted by Gasteiger charge is -2.29. The van der Waals surface area contributed by atoms with E-state index in [0.29, 0.717) is 0 Å². The minimum Gasteiger partial charge on any atom is -0.140 e. The maximum atomic E-state index is 3.83. The smallest absolute Gasteiger partial charge is 0.0334 e. The molecule has 1 rings (SSSR count). The Labute approximate surface area is 172 Å². The second kappa shape index (κ2) is 12.3. The van der Waals surface area contributed by atoms with Crippen LogP contribution in [0.15, 0.2) is 77.1 Å². The first-order valence-corrected chi connectivity index (χ1v) is 11.9. The van der Waals surface area contributed by atoms with Crippen LogP contribution in [0.5, 0.6) is 0 Å². The fourth-order valence-electron chi connectivity index (χ4n) is 2.34. The normalized spacial score (nSPS) is 16.0. The zero-order chi connectivity index (χ0) is 19.4. The van der Waals surface area contributed by atoms with E-state index in [-0.39, 0.29) is 5.41 Å². The predicted molar refractivity (Wildman–Crippen MR) is 128 cm³/mol. The summed E-state index contributed by atoms with van der Waals surface area (Å²) in [5, 5.41) is 0. The van der Waals surface area contributed by atoms with E-state index in [1.54, 1.807) is 10.8 Å². The highest BCUT2D eigenvalue weighted by molar-refractivity contribution is 8.79. The molecule has 1 unspecified atom stereocenters. The topological polar surface area (TPSA) is 0 Å². The molecule has 0 aliphatic heterocycles. The molecular formula is C23H30S3. The zero-order valence-corrected chi connectivity index (χ0v) is 18.9. The summed E-state index contributed by atoms with van der Waals surface area (Å²) >= 11 is 1.89. The van der Waals surface area contributed by atoms with E-state index in [1.807, 2.05) is 35.1 Å². The molecule has 0 fully saturated rings. The van der Waals surface area contributed by atoms with Crippen LogP contribution in [0.4, 0.5) is 0 Å². The third-order valence-electron chi connectivity index (χ3n) is 4.03. The average Bonchev–Trinajstić information content (AvgIpc) is 3.11. The van der Waals surface area contributed by atoms with Crippen molar-refractivity contribution >= 4 is 39.0 Å². The van der Waals surface area contributed by atoms with Crippen molar-refractivity contribution in [2.45, 2.75) is 46.5 Å². The first-order chi connectivity index (χ1) is 12.5. The summed E-state index contributed by atoms with van der Waals surface area (Å²) in [4.78, 5) is 5.30. The lowest BCUT2D eigenvalue weighted by Crippen LogP contribution is -2.20. The third kappa shape index (κ3) is 6.53. The van der Waals surface area contributed by atoms with E-state index < -0.39 is 0 Å². The van der Waals surface area contributed by atoms with Crippen LogP contribution in [-0.2, 0) is 5.41 Å². The van der Waals surface area contributed by atoms with E-state index in [0.717, 1.165) is 6.42 Å². The van der Waals surface area contributed by atoms with Crippen LogP contribution in [-0.4, -0.2) is 0 Å². The lowest BCUT2D eigenvalue weighted by atomic mass is 9.85. The minimum absolute atomic E-state index is 0.0108. The van der Waals surface area contributed by atoms with Gasteiger partial charge in [-0.05, 0) is 51.5 Å². The van der Waals surface area contributed by atoms with Crippen LogP contribution in [0.3, 0.4) is 0 Å². The maximum Gasteiger partial charge on any atom is 0.0334 e. The number of hydrogen-bond acceptors (Lipinski definition) is 3. The van der Waals surface area contributed by atoms with E-state index in [2.05, 4.69) is 95.0 Å². The molecule has 0 saturated heterocycles. The molecular weight excluding hydrogens is 372 g/mol. The van der Waals surface area contributed by atoms with Crippen molar-refractivity contribution in [2.24, 2.45) is 0 Å². The molecule has 0 radical (unpaired) electrons. The van der Waals surface area contributed by atoms with Gasteiger partial charge >= 0.3 is 0 Å². The van der Waals surface area contributed by atoms with Gasteiger partial charge in [0.1, 0.15) is 0 Å². The predicted octanol–water partition coefficient (Wildman–Crippen LogP) is 8.94. The SMILES string of the molecule is C=C/C=C(/C=C/C)SS/C(=C\C=C\C)C(C)(CC)c1ccc(/C=C/C)s1. The Morgan fingerprint density at radius 1 is 1.12 bits per heavy atom. The quantitative estimate of drug-likeness (QED) is 0.283. The highest BCUT2D eigenvalue weighted by atomic mass is 33.1. The van der Waals surface area contributed by atoms with Gasteiger partial charge in [0.25, 0.3) is 0 Å². The molecule has 1 aromatic heterocycles. The van der Waals surface area contributed by atoms with Gasteiger partial charge < -0.3 is 0 Å². The van der Waals surface area contributed by atoms with Crippen molar-refractivity contribution in [3.63, 3.8) is 0 Å². The Morgan fingerprint density at radius 3 is 2.46 bits per heavy atom. The summed E-state index contributed by atoms with van der Waals surface area (Å²) in [6, 6.07) is 4.51. The summed E-state index contributed by atoms with van der Waals surface area (Å²) in [6.07, 6.45) is 19.9. The Bertz CT molecular complexity index is 714. The van der Waals surface area contributed by atoms with Crippen LogP contribution in [0.25, 0.3) is 6.08 Å². The van der Waals surface area contributed by atoms with Crippen LogP contribution >= 0.6 is 32.9 Å². The van der Waals surface area contributed by atoms with Gasteiger partial charge in [-0.2, -0.15) is 0 Å². The van der Waals surface area contributed by atoms with Crippen molar-refractivity contribution in [1.82, 2.24) is 0 Å². The molecule has 26 heavy (non-hydrogen) atoms. The Kier molecular flexibility index (Phi) is 10.8.